The van der Waals surface area contributed by atoms with Crippen molar-refractivity contribution in [1.82, 2.24) is 4.98 Å². The van der Waals surface area contributed by atoms with Crippen LogP contribution in [0.15, 0.2) is 36.4 Å². The van der Waals surface area contributed by atoms with Gasteiger partial charge in [0.05, 0.1) is 10.2 Å². The largest absolute Gasteiger partial charge is 0.508 e. The van der Waals surface area contributed by atoms with E-state index in [2.05, 4.69) is 4.98 Å². The maximum atomic E-state index is 13.2. The van der Waals surface area contributed by atoms with Crippen molar-refractivity contribution < 1.29 is 19.0 Å². The smallest absolute Gasteiger partial charge is 0.279 e. The lowest BCUT2D eigenvalue weighted by Crippen LogP contribution is -2.06. The second-order valence-corrected chi connectivity index (χ2v) is 7.29. The minimum atomic E-state index is -0.323. The van der Waals surface area contributed by atoms with Crippen molar-refractivity contribution in [2.24, 2.45) is 5.92 Å². The van der Waals surface area contributed by atoms with Crippen LogP contribution in [-0.2, 0) is 11.2 Å². The van der Waals surface area contributed by atoms with Gasteiger partial charge in [-0.05, 0) is 30.2 Å². The van der Waals surface area contributed by atoms with Gasteiger partial charge in [0.1, 0.15) is 23.1 Å². The fourth-order valence-electron chi connectivity index (χ4n) is 2.52. The number of Topliss-reactive ketones (excluding diaryl/α,β-unsaturated/α-hetero) is 1. The minimum absolute atomic E-state index is 0.0155. The number of hydrogen-bond donors (Lipinski definition) is 1. The molecule has 0 radical (unpaired) electrons. The molecular formula is C19H18FNO3S. The molecule has 0 fully saturated rings. The molecule has 2 aromatic carbocycles. The number of ether oxygens (including phenoxy) is 1. The molecule has 130 valence electrons. The van der Waals surface area contributed by atoms with Gasteiger partial charge in [0.15, 0.2) is 0 Å². The molecule has 0 amide bonds. The van der Waals surface area contributed by atoms with Crippen LogP contribution in [0.4, 0.5) is 4.39 Å². The van der Waals surface area contributed by atoms with E-state index in [0.717, 1.165) is 0 Å². The summed E-state index contributed by atoms with van der Waals surface area (Å²) < 4.78 is 19.6. The van der Waals surface area contributed by atoms with E-state index < -0.39 is 0 Å². The third-order valence-corrected chi connectivity index (χ3v) is 4.51. The Morgan fingerprint density at radius 3 is 2.80 bits per heavy atom. The second kappa shape index (κ2) is 7.19. The van der Waals surface area contributed by atoms with E-state index >= 15 is 0 Å². The van der Waals surface area contributed by atoms with Crippen molar-refractivity contribution in [1.29, 1.82) is 0 Å². The molecule has 25 heavy (non-hydrogen) atoms. The highest BCUT2D eigenvalue weighted by atomic mass is 32.1. The molecule has 0 aliphatic heterocycles. The molecule has 1 aromatic heterocycles. The molecule has 0 aliphatic carbocycles. The van der Waals surface area contributed by atoms with Gasteiger partial charge in [-0.1, -0.05) is 31.3 Å². The molecule has 0 spiro atoms. The zero-order valence-corrected chi connectivity index (χ0v) is 14.8. The molecule has 0 saturated heterocycles. The molecule has 1 heterocycles. The predicted octanol–water partition coefficient (Wildman–Crippen LogP) is 5.09. The average molecular weight is 359 g/mol. The molecule has 3 aromatic rings. The first-order chi connectivity index (χ1) is 11.9. The molecule has 3 rings (SSSR count). The number of benzene rings is 2. The van der Waals surface area contributed by atoms with Gasteiger partial charge in [0, 0.05) is 24.5 Å². The first-order valence-corrected chi connectivity index (χ1v) is 8.80. The van der Waals surface area contributed by atoms with Gasteiger partial charge in [0.25, 0.3) is 5.19 Å². The van der Waals surface area contributed by atoms with E-state index in [1.54, 1.807) is 18.2 Å². The van der Waals surface area contributed by atoms with Crippen LogP contribution in [-0.4, -0.2) is 15.9 Å². The number of aromatic nitrogens is 1. The van der Waals surface area contributed by atoms with Crippen LogP contribution in [0.3, 0.4) is 0 Å². The lowest BCUT2D eigenvalue weighted by molar-refractivity contribution is -0.119. The Bertz CT molecular complexity index is 920. The highest BCUT2D eigenvalue weighted by Crippen LogP contribution is 2.33. The fraction of sp³-hybridized carbons (Fsp3) is 0.263. The van der Waals surface area contributed by atoms with Crippen molar-refractivity contribution in [3.05, 3.63) is 47.8 Å². The molecule has 6 heteroatoms. The number of aromatic hydroxyl groups is 1. The number of halogens is 1. The molecule has 1 N–H and O–H groups in total. The van der Waals surface area contributed by atoms with Crippen molar-refractivity contribution >= 4 is 27.3 Å². The van der Waals surface area contributed by atoms with Crippen LogP contribution >= 0.6 is 11.3 Å². The molecule has 0 unspecified atom stereocenters. The zero-order valence-electron chi connectivity index (χ0n) is 14.0. The summed E-state index contributed by atoms with van der Waals surface area (Å²) in [5.41, 5.74) is 1.23. The van der Waals surface area contributed by atoms with Gasteiger partial charge >= 0.3 is 0 Å². The van der Waals surface area contributed by atoms with E-state index in [4.69, 9.17) is 4.74 Å². The Morgan fingerprint density at radius 1 is 1.28 bits per heavy atom. The number of carbonyl (C=O) groups excluding carboxylic acids is 1. The Morgan fingerprint density at radius 2 is 2.08 bits per heavy atom. The van der Waals surface area contributed by atoms with Crippen molar-refractivity contribution in [2.75, 3.05) is 0 Å². The lowest BCUT2D eigenvalue weighted by atomic mass is 10.0. The van der Waals surface area contributed by atoms with Crippen LogP contribution in [0.2, 0.25) is 0 Å². The predicted molar refractivity (Wildman–Crippen MR) is 95.9 cm³/mol. The third-order valence-electron chi connectivity index (χ3n) is 3.62. The molecular weight excluding hydrogens is 341 g/mol. The highest BCUT2D eigenvalue weighted by molar-refractivity contribution is 7.20. The van der Waals surface area contributed by atoms with Crippen LogP contribution in [0.1, 0.15) is 25.8 Å². The van der Waals surface area contributed by atoms with E-state index in [0.29, 0.717) is 39.1 Å². The lowest BCUT2D eigenvalue weighted by Gasteiger charge is -2.08. The van der Waals surface area contributed by atoms with Gasteiger partial charge in [-0.15, -0.1) is 0 Å². The second-order valence-electron chi connectivity index (χ2n) is 6.30. The van der Waals surface area contributed by atoms with Crippen molar-refractivity contribution in [3.8, 4) is 16.7 Å². The summed E-state index contributed by atoms with van der Waals surface area (Å²) in [6, 6.07) is 9.17. The summed E-state index contributed by atoms with van der Waals surface area (Å²) in [7, 11) is 0. The third kappa shape index (κ3) is 4.33. The maximum absolute atomic E-state index is 13.2. The molecule has 0 bridgehead atoms. The molecule has 0 atom stereocenters. The monoisotopic (exact) mass is 359 g/mol. The van der Waals surface area contributed by atoms with Crippen molar-refractivity contribution in [2.45, 2.75) is 26.7 Å². The Hall–Kier alpha value is -2.47. The first kappa shape index (κ1) is 17.4. The Balaban J connectivity index is 1.74. The first-order valence-electron chi connectivity index (χ1n) is 7.98. The van der Waals surface area contributed by atoms with Crippen LogP contribution in [0, 0.1) is 11.7 Å². The number of phenols is 1. The number of fused-ring (bicyclic) bond motifs is 1. The standard InChI is InChI=1S/C19H18FNO3S/c1-11(2)7-14(22)8-12-3-5-15(10-17(12)23)24-19-21-16-6-4-13(20)9-18(16)25-19/h3-6,9-11,23H,7-8H2,1-2H3. The number of ketones is 1. The summed E-state index contributed by atoms with van der Waals surface area (Å²) in [6.45, 7) is 3.97. The summed E-state index contributed by atoms with van der Waals surface area (Å²) in [6.07, 6.45) is 0.685. The van der Waals surface area contributed by atoms with Crippen molar-refractivity contribution in [3.63, 3.8) is 0 Å². The number of rotatable bonds is 6. The van der Waals surface area contributed by atoms with E-state index in [-0.39, 0.29) is 23.8 Å². The van der Waals surface area contributed by atoms with Gasteiger partial charge in [0.2, 0.25) is 0 Å². The van der Waals surface area contributed by atoms with E-state index in [9.17, 15) is 14.3 Å². The number of thiazole rings is 1. The van der Waals surface area contributed by atoms with Crippen LogP contribution in [0.5, 0.6) is 16.7 Å². The number of hydrogen-bond acceptors (Lipinski definition) is 5. The highest BCUT2D eigenvalue weighted by Gasteiger charge is 2.12. The zero-order chi connectivity index (χ0) is 18.0. The van der Waals surface area contributed by atoms with Gasteiger partial charge in [-0.2, -0.15) is 0 Å². The normalized spacial score (nSPS) is 11.2. The minimum Gasteiger partial charge on any atom is -0.508 e. The summed E-state index contributed by atoms with van der Waals surface area (Å²) in [5.74, 6) is 0.489. The summed E-state index contributed by atoms with van der Waals surface area (Å²) in [4.78, 5) is 16.2. The van der Waals surface area contributed by atoms with Crippen LogP contribution < -0.4 is 4.74 Å². The molecule has 4 nitrogen and oxygen atoms in total. The Kier molecular flexibility index (Phi) is 4.99. The van der Waals surface area contributed by atoms with Gasteiger partial charge < -0.3 is 9.84 Å². The summed E-state index contributed by atoms with van der Waals surface area (Å²) in [5, 5.41) is 10.5. The van der Waals surface area contributed by atoms with E-state index in [1.165, 1.54) is 29.5 Å². The quantitative estimate of drug-likeness (QED) is 0.666. The van der Waals surface area contributed by atoms with Gasteiger partial charge in [-0.3, -0.25) is 4.79 Å². The number of phenolic OH excluding ortho intramolecular Hbond substituents is 1. The maximum Gasteiger partial charge on any atom is 0.279 e. The molecule has 0 saturated carbocycles. The van der Waals surface area contributed by atoms with Crippen LogP contribution in [0.25, 0.3) is 10.2 Å². The average Bonchev–Trinajstić information content (AvgIpc) is 2.90. The SMILES string of the molecule is CC(C)CC(=O)Cc1ccc(Oc2nc3ccc(F)cc3s2)cc1O. The van der Waals surface area contributed by atoms with Gasteiger partial charge in [-0.25, -0.2) is 9.37 Å². The summed E-state index contributed by atoms with van der Waals surface area (Å²) >= 11 is 1.22. The topological polar surface area (TPSA) is 59.4 Å². The number of nitrogens with zero attached hydrogens (tertiary/aromatic N) is 1. The molecule has 0 aliphatic rings. The number of carbonyl (C=O) groups is 1. The Labute approximate surface area is 148 Å². The van der Waals surface area contributed by atoms with E-state index in [1.807, 2.05) is 13.8 Å². The fourth-order valence-corrected chi connectivity index (χ4v) is 3.38.